The molecule has 2 aromatic rings. The van der Waals surface area contributed by atoms with Crippen LogP contribution in [0.5, 0.6) is 0 Å². The molecule has 1 aliphatic rings. The number of hydrogen-bond donors (Lipinski definition) is 1. The molecule has 4 nitrogen and oxygen atoms in total. The van der Waals surface area contributed by atoms with Crippen LogP contribution in [-0.2, 0) is 11.0 Å². The first kappa shape index (κ1) is 23.3. The second kappa shape index (κ2) is 9.85. The summed E-state index contributed by atoms with van der Waals surface area (Å²) < 4.78 is 38.1. The van der Waals surface area contributed by atoms with Gasteiger partial charge in [0.25, 0.3) is 5.91 Å². The average molecular weight is 453 g/mol. The van der Waals surface area contributed by atoms with Crippen molar-refractivity contribution < 1.29 is 22.8 Å². The van der Waals surface area contributed by atoms with Crippen molar-refractivity contribution in [2.75, 3.05) is 13.1 Å². The van der Waals surface area contributed by atoms with E-state index in [4.69, 9.17) is 0 Å². The van der Waals surface area contributed by atoms with Gasteiger partial charge in [-0.1, -0.05) is 19.9 Å². The van der Waals surface area contributed by atoms with Crippen molar-refractivity contribution in [3.8, 4) is 0 Å². The number of likely N-dealkylation sites (tertiary alicyclic amines) is 1. The summed E-state index contributed by atoms with van der Waals surface area (Å²) in [7, 11) is 0. The summed E-state index contributed by atoms with van der Waals surface area (Å²) in [6.45, 7) is 5.06. The fourth-order valence-electron chi connectivity index (χ4n) is 3.83. The first-order valence-corrected chi connectivity index (χ1v) is 11.3. The Morgan fingerprint density at radius 2 is 1.77 bits per heavy atom. The van der Waals surface area contributed by atoms with Gasteiger partial charge in [-0.05, 0) is 60.9 Å². The minimum atomic E-state index is -4.43. The van der Waals surface area contributed by atoms with E-state index in [1.54, 1.807) is 16.2 Å². The molecule has 1 saturated heterocycles. The van der Waals surface area contributed by atoms with Gasteiger partial charge in [0, 0.05) is 29.4 Å². The summed E-state index contributed by atoms with van der Waals surface area (Å²) in [5, 5.41) is 5.18. The number of halogens is 3. The quantitative estimate of drug-likeness (QED) is 0.627. The van der Waals surface area contributed by atoms with E-state index < -0.39 is 11.7 Å². The number of amides is 2. The maximum absolute atomic E-state index is 12.8. The van der Waals surface area contributed by atoms with Crippen LogP contribution in [-0.4, -0.2) is 29.8 Å². The number of nitrogens with one attached hydrogen (secondary N) is 1. The van der Waals surface area contributed by atoms with Gasteiger partial charge in [0.1, 0.15) is 0 Å². The lowest BCUT2D eigenvalue weighted by molar-refractivity contribution is -0.137. The fourth-order valence-corrected chi connectivity index (χ4v) is 4.62. The molecule has 1 fully saturated rings. The Balaban J connectivity index is 1.56. The largest absolute Gasteiger partial charge is 0.416 e. The summed E-state index contributed by atoms with van der Waals surface area (Å²) >= 11 is 1.63. The van der Waals surface area contributed by atoms with Crippen LogP contribution in [0.15, 0.2) is 41.8 Å². The molecule has 1 aromatic heterocycles. The molecule has 1 aromatic carbocycles. The number of thiophene rings is 1. The van der Waals surface area contributed by atoms with E-state index in [2.05, 4.69) is 19.2 Å². The smallest absolute Gasteiger partial charge is 0.348 e. The van der Waals surface area contributed by atoms with Crippen LogP contribution < -0.4 is 5.32 Å². The molecule has 2 amide bonds. The number of nitrogens with zero attached hydrogens (tertiary/aromatic N) is 1. The normalized spacial score (nSPS) is 16.4. The van der Waals surface area contributed by atoms with E-state index in [0.29, 0.717) is 31.8 Å². The first-order valence-electron chi connectivity index (χ1n) is 10.5. The monoisotopic (exact) mass is 452 g/mol. The number of benzene rings is 1. The second-order valence-electron chi connectivity index (χ2n) is 8.35. The lowest BCUT2D eigenvalue weighted by Crippen LogP contribution is -2.43. The molecule has 168 valence electrons. The molecule has 1 N–H and O–H groups in total. The molecule has 0 radical (unpaired) electrons. The van der Waals surface area contributed by atoms with Gasteiger partial charge in [-0.2, -0.15) is 13.2 Å². The fraction of sp³-hybridized carbons (Fsp3) is 0.478. The van der Waals surface area contributed by atoms with Crippen molar-refractivity contribution in [3.63, 3.8) is 0 Å². The van der Waals surface area contributed by atoms with Crippen LogP contribution in [0.3, 0.4) is 0 Å². The Labute approximate surface area is 184 Å². The van der Waals surface area contributed by atoms with Gasteiger partial charge < -0.3 is 10.2 Å². The number of carbonyl (C=O) groups excluding carboxylic acids is 2. The van der Waals surface area contributed by atoms with Crippen LogP contribution in [0, 0.1) is 11.8 Å². The molecular formula is C23H27F3N2O2S. The minimum Gasteiger partial charge on any atom is -0.348 e. The highest BCUT2D eigenvalue weighted by Gasteiger charge is 2.32. The number of piperidine rings is 1. The van der Waals surface area contributed by atoms with Crippen LogP contribution in [0.1, 0.15) is 60.0 Å². The zero-order valence-corrected chi connectivity index (χ0v) is 18.4. The van der Waals surface area contributed by atoms with Crippen LogP contribution >= 0.6 is 11.3 Å². The highest BCUT2D eigenvalue weighted by atomic mass is 32.1. The van der Waals surface area contributed by atoms with Gasteiger partial charge in [0.05, 0.1) is 11.6 Å². The van der Waals surface area contributed by atoms with Crippen molar-refractivity contribution in [3.05, 3.63) is 57.8 Å². The van der Waals surface area contributed by atoms with Crippen molar-refractivity contribution in [2.45, 2.75) is 45.3 Å². The molecule has 2 heterocycles. The first-order chi connectivity index (χ1) is 14.6. The predicted molar refractivity (Wildman–Crippen MR) is 115 cm³/mol. The van der Waals surface area contributed by atoms with Crippen LogP contribution in [0.25, 0.3) is 0 Å². The summed E-state index contributed by atoms with van der Waals surface area (Å²) in [6, 6.07) is 8.26. The molecule has 0 saturated carbocycles. The predicted octanol–water partition coefficient (Wildman–Crippen LogP) is 5.52. The SMILES string of the molecule is CC(C)CC(NC(=O)C1CCN(C(=O)c2ccc(C(F)(F)F)cc2)CC1)c1cccs1. The van der Waals surface area contributed by atoms with E-state index in [1.807, 2.05) is 17.5 Å². The van der Waals surface area contributed by atoms with Gasteiger partial charge in [-0.15, -0.1) is 11.3 Å². The Bertz CT molecular complexity index is 871. The molecule has 8 heteroatoms. The third kappa shape index (κ3) is 6.09. The Kier molecular flexibility index (Phi) is 7.41. The number of carbonyl (C=O) groups is 2. The molecular weight excluding hydrogens is 425 g/mol. The van der Waals surface area contributed by atoms with Crippen LogP contribution in [0.2, 0.25) is 0 Å². The van der Waals surface area contributed by atoms with E-state index >= 15 is 0 Å². The number of rotatable bonds is 6. The number of hydrogen-bond acceptors (Lipinski definition) is 3. The van der Waals surface area contributed by atoms with Gasteiger partial charge in [0.2, 0.25) is 5.91 Å². The van der Waals surface area contributed by atoms with Crippen molar-refractivity contribution >= 4 is 23.2 Å². The van der Waals surface area contributed by atoms with Gasteiger partial charge in [-0.25, -0.2) is 0 Å². The Morgan fingerprint density at radius 1 is 1.13 bits per heavy atom. The molecule has 1 unspecified atom stereocenters. The minimum absolute atomic E-state index is 0.000629. The van der Waals surface area contributed by atoms with Gasteiger partial charge >= 0.3 is 6.18 Å². The lowest BCUT2D eigenvalue weighted by atomic mass is 9.94. The second-order valence-corrected chi connectivity index (χ2v) is 9.33. The third-order valence-corrected chi connectivity index (χ3v) is 6.51. The maximum Gasteiger partial charge on any atom is 0.416 e. The molecule has 3 rings (SSSR count). The Hall–Kier alpha value is -2.35. The summed E-state index contributed by atoms with van der Waals surface area (Å²) in [4.78, 5) is 28.2. The summed E-state index contributed by atoms with van der Waals surface area (Å²) in [6.07, 6.45) is -2.49. The summed E-state index contributed by atoms with van der Waals surface area (Å²) in [5.74, 6) is -0.0357. The molecule has 1 atom stereocenters. The van der Waals surface area contributed by atoms with Crippen molar-refractivity contribution in [1.82, 2.24) is 10.2 Å². The highest BCUT2D eigenvalue weighted by Crippen LogP contribution is 2.30. The van der Waals surface area contributed by atoms with Gasteiger partial charge in [0.15, 0.2) is 0 Å². The van der Waals surface area contributed by atoms with Crippen molar-refractivity contribution in [2.24, 2.45) is 11.8 Å². The Morgan fingerprint density at radius 3 is 2.29 bits per heavy atom. The van der Waals surface area contributed by atoms with Gasteiger partial charge in [-0.3, -0.25) is 9.59 Å². The summed E-state index contributed by atoms with van der Waals surface area (Å²) in [5.41, 5.74) is -0.549. The lowest BCUT2D eigenvalue weighted by Gasteiger charge is -2.32. The molecule has 0 spiro atoms. The van der Waals surface area contributed by atoms with E-state index in [-0.39, 0.29) is 29.3 Å². The third-order valence-electron chi connectivity index (χ3n) is 5.52. The number of alkyl halides is 3. The average Bonchev–Trinajstić information content (AvgIpc) is 3.27. The molecule has 31 heavy (non-hydrogen) atoms. The zero-order valence-electron chi connectivity index (χ0n) is 17.6. The van der Waals surface area contributed by atoms with Crippen LogP contribution in [0.4, 0.5) is 13.2 Å². The van der Waals surface area contributed by atoms with E-state index in [9.17, 15) is 22.8 Å². The van der Waals surface area contributed by atoms with E-state index in [0.717, 1.165) is 23.4 Å². The molecule has 0 aliphatic carbocycles. The van der Waals surface area contributed by atoms with Crippen molar-refractivity contribution in [1.29, 1.82) is 0 Å². The standard InChI is InChI=1S/C23H27F3N2O2S/c1-15(2)14-19(20-4-3-13-31-20)27-21(29)16-9-11-28(12-10-16)22(30)17-5-7-18(8-6-17)23(24,25)26/h3-8,13,15-16,19H,9-12,14H2,1-2H3,(H,27,29). The topological polar surface area (TPSA) is 49.4 Å². The van der Waals surface area contributed by atoms with E-state index in [1.165, 1.54) is 12.1 Å². The maximum atomic E-state index is 12.8. The molecule has 1 aliphatic heterocycles. The zero-order chi connectivity index (χ0) is 22.6. The highest BCUT2D eigenvalue weighted by molar-refractivity contribution is 7.10. The molecule has 0 bridgehead atoms.